The molecule has 0 atom stereocenters. The van der Waals surface area contributed by atoms with E-state index in [9.17, 15) is 14.9 Å². The van der Waals surface area contributed by atoms with Gasteiger partial charge in [0.1, 0.15) is 10.7 Å². The molecule has 1 amide bonds. The van der Waals surface area contributed by atoms with Crippen molar-refractivity contribution in [3.8, 4) is 23.3 Å². The Balaban J connectivity index is 1.98. The second kappa shape index (κ2) is 11.0. The summed E-state index contributed by atoms with van der Waals surface area (Å²) in [6.45, 7) is 3.89. The summed E-state index contributed by atoms with van der Waals surface area (Å²) in [6.07, 6.45) is 1.68. The summed E-state index contributed by atoms with van der Waals surface area (Å²) in [5.74, 6) is 0.399. The number of nitrogens with zero attached hydrogens (tertiary/aromatic N) is 2. The maximum absolute atomic E-state index is 13.7. The molecule has 0 aliphatic carbocycles. The third-order valence-electron chi connectivity index (χ3n) is 5.70. The van der Waals surface area contributed by atoms with Crippen LogP contribution >= 0.6 is 11.3 Å². The van der Waals surface area contributed by atoms with Crippen LogP contribution in [0.2, 0.25) is 0 Å². The Bertz CT molecular complexity index is 1680. The molecular formula is C29H25N3O4S. The van der Waals surface area contributed by atoms with Crippen LogP contribution in [0.1, 0.15) is 16.7 Å². The Hall–Kier alpha value is -4.61. The molecule has 0 radical (unpaired) electrons. The van der Waals surface area contributed by atoms with Crippen LogP contribution in [0.3, 0.4) is 0 Å². The average molecular weight is 512 g/mol. The number of hydrogen-bond donors (Lipinski definition) is 1. The lowest BCUT2D eigenvalue weighted by Gasteiger charge is -2.09. The zero-order valence-corrected chi connectivity index (χ0v) is 21.7. The van der Waals surface area contributed by atoms with Gasteiger partial charge in [-0.3, -0.25) is 14.2 Å². The van der Waals surface area contributed by atoms with Crippen LogP contribution < -0.4 is 29.5 Å². The van der Waals surface area contributed by atoms with Crippen molar-refractivity contribution >= 4 is 34.6 Å². The highest BCUT2D eigenvalue weighted by Gasteiger charge is 2.18. The van der Waals surface area contributed by atoms with Gasteiger partial charge in [-0.25, -0.2) is 0 Å². The van der Waals surface area contributed by atoms with Crippen molar-refractivity contribution in [2.75, 3.05) is 19.5 Å². The molecule has 1 heterocycles. The van der Waals surface area contributed by atoms with Crippen LogP contribution in [-0.2, 0) is 4.79 Å². The smallest absolute Gasteiger partial charge is 0.273 e. The molecule has 0 aliphatic heterocycles. The van der Waals surface area contributed by atoms with Crippen molar-refractivity contribution in [3.63, 3.8) is 0 Å². The minimum absolute atomic E-state index is 0.166. The van der Waals surface area contributed by atoms with E-state index in [1.807, 2.05) is 44.2 Å². The Morgan fingerprint density at radius 2 is 1.62 bits per heavy atom. The van der Waals surface area contributed by atoms with Crippen molar-refractivity contribution in [1.29, 1.82) is 5.26 Å². The van der Waals surface area contributed by atoms with Gasteiger partial charge >= 0.3 is 0 Å². The highest BCUT2D eigenvalue weighted by atomic mass is 32.1. The number of carbonyl (C=O) groups excluding carboxylic acids is 1. The zero-order valence-electron chi connectivity index (χ0n) is 20.9. The predicted octanol–water partition coefficient (Wildman–Crippen LogP) is 3.67. The summed E-state index contributed by atoms with van der Waals surface area (Å²) in [6, 6.07) is 21.9. The molecular weight excluding hydrogens is 486 g/mol. The van der Waals surface area contributed by atoms with Gasteiger partial charge in [0, 0.05) is 11.3 Å². The lowest BCUT2D eigenvalue weighted by atomic mass is 10.2. The molecule has 4 aromatic rings. The summed E-state index contributed by atoms with van der Waals surface area (Å²) >= 11 is 1.06. The number of benzene rings is 3. The number of hydrogen-bond acceptors (Lipinski definition) is 6. The van der Waals surface area contributed by atoms with Gasteiger partial charge in [0.2, 0.25) is 0 Å². The van der Waals surface area contributed by atoms with Crippen LogP contribution in [0.4, 0.5) is 5.69 Å². The van der Waals surface area contributed by atoms with Crippen LogP contribution in [0.25, 0.3) is 17.3 Å². The molecule has 4 rings (SSSR count). The molecule has 3 aromatic carbocycles. The first-order valence-corrected chi connectivity index (χ1v) is 12.2. The quantitative estimate of drug-likeness (QED) is 0.426. The predicted molar refractivity (Wildman–Crippen MR) is 146 cm³/mol. The monoisotopic (exact) mass is 511 g/mol. The third kappa shape index (κ3) is 5.32. The van der Waals surface area contributed by atoms with E-state index in [1.165, 1.54) is 18.8 Å². The molecule has 0 aliphatic rings. The van der Waals surface area contributed by atoms with E-state index >= 15 is 0 Å². The van der Waals surface area contributed by atoms with E-state index in [0.717, 1.165) is 22.5 Å². The molecule has 0 bridgehead atoms. The summed E-state index contributed by atoms with van der Waals surface area (Å²) in [4.78, 5) is 26.9. The highest BCUT2D eigenvalue weighted by molar-refractivity contribution is 7.07. The third-order valence-corrected chi connectivity index (χ3v) is 6.79. The van der Waals surface area contributed by atoms with Crippen LogP contribution in [0.15, 0.2) is 71.5 Å². The van der Waals surface area contributed by atoms with Gasteiger partial charge in [0.15, 0.2) is 17.1 Å². The zero-order chi connectivity index (χ0) is 26.5. The van der Waals surface area contributed by atoms with Gasteiger partial charge in [-0.1, -0.05) is 47.5 Å². The minimum atomic E-state index is -0.598. The fraction of sp³-hybridized carbons (Fsp3) is 0.138. The van der Waals surface area contributed by atoms with Crippen molar-refractivity contribution in [2.45, 2.75) is 13.8 Å². The lowest BCUT2D eigenvalue weighted by molar-refractivity contribution is -0.111. The SMILES string of the molecule is COc1cccc(C=c2sc(=C(C#N)C(=O)Nc3ccc(C)cc3)n(-c3ccc(C)cc3)c2=O)c1OC. The first kappa shape index (κ1) is 25.5. The molecule has 0 fully saturated rings. The number of methoxy groups -OCH3 is 2. The Morgan fingerprint density at radius 1 is 0.973 bits per heavy atom. The summed E-state index contributed by atoms with van der Waals surface area (Å²) in [5, 5.41) is 12.8. The molecule has 0 saturated heterocycles. The highest BCUT2D eigenvalue weighted by Crippen LogP contribution is 2.31. The first-order valence-electron chi connectivity index (χ1n) is 11.4. The number of rotatable bonds is 6. The van der Waals surface area contributed by atoms with Crippen LogP contribution in [0.5, 0.6) is 11.5 Å². The Morgan fingerprint density at radius 3 is 2.22 bits per heavy atom. The van der Waals surface area contributed by atoms with Crippen molar-refractivity contribution in [1.82, 2.24) is 4.57 Å². The fourth-order valence-corrected chi connectivity index (χ4v) is 4.86. The first-order chi connectivity index (χ1) is 17.9. The number of aromatic nitrogens is 1. The average Bonchev–Trinajstić information content (AvgIpc) is 3.21. The summed E-state index contributed by atoms with van der Waals surface area (Å²) in [7, 11) is 3.06. The van der Waals surface area contributed by atoms with Gasteiger partial charge in [-0.2, -0.15) is 5.26 Å². The minimum Gasteiger partial charge on any atom is -0.493 e. The van der Waals surface area contributed by atoms with Crippen molar-refractivity contribution < 1.29 is 14.3 Å². The Labute approximate surface area is 218 Å². The summed E-state index contributed by atoms with van der Waals surface area (Å²) < 4.78 is 12.9. The number of aryl methyl sites for hydroxylation is 2. The van der Waals surface area contributed by atoms with Crippen LogP contribution in [0, 0.1) is 25.2 Å². The van der Waals surface area contributed by atoms with E-state index in [0.29, 0.717) is 33.0 Å². The van der Waals surface area contributed by atoms with Gasteiger partial charge in [0.25, 0.3) is 11.5 Å². The molecule has 0 unspecified atom stereocenters. The van der Waals surface area contributed by atoms with Crippen molar-refractivity contribution in [2.24, 2.45) is 0 Å². The number of amides is 1. The largest absolute Gasteiger partial charge is 0.493 e. The normalized spacial score (nSPS) is 12.0. The number of nitriles is 1. The maximum atomic E-state index is 13.7. The molecule has 0 spiro atoms. The second-order valence-electron chi connectivity index (χ2n) is 8.28. The maximum Gasteiger partial charge on any atom is 0.273 e. The summed E-state index contributed by atoms with van der Waals surface area (Å²) in [5.41, 5.74) is 3.27. The van der Waals surface area contributed by atoms with E-state index in [4.69, 9.17) is 9.47 Å². The van der Waals surface area contributed by atoms with Gasteiger partial charge < -0.3 is 14.8 Å². The van der Waals surface area contributed by atoms with E-state index in [2.05, 4.69) is 5.32 Å². The number of thiazole rings is 1. The van der Waals surface area contributed by atoms with Crippen LogP contribution in [-0.4, -0.2) is 24.7 Å². The second-order valence-corrected chi connectivity index (χ2v) is 9.31. The molecule has 1 N–H and O–H groups in total. The Kier molecular flexibility index (Phi) is 7.56. The number of ether oxygens (including phenoxy) is 2. The van der Waals surface area contributed by atoms with Gasteiger partial charge in [0.05, 0.1) is 24.4 Å². The number of nitrogens with one attached hydrogen (secondary N) is 1. The molecule has 186 valence electrons. The van der Waals surface area contributed by atoms with Crippen molar-refractivity contribution in [3.05, 3.63) is 103 Å². The van der Waals surface area contributed by atoms with E-state index in [-0.39, 0.29) is 15.8 Å². The fourth-order valence-electron chi connectivity index (χ4n) is 3.77. The number of carbonyl (C=O) groups is 1. The van der Waals surface area contributed by atoms with E-state index < -0.39 is 5.91 Å². The topological polar surface area (TPSA) is 93.4 Å². The van der Waals surface area contributed by atoms with E-state index in [1.54, 1.807) is 48.5 Å². The molecule has 7 nitrogen and oxygen atoms in total. The molecule has 8 heteroatoms. The van der Waals surface area contributed by atoms with Gasteiger partial charge in [-0.15, -0.1) is 11.3 Å². The lowest BCUT2D eigenvalue weighted by Crippen LogP contribution is -2.32. The van der Waals surface area contributed by atoms with Gasteiger partial charge in [-0.05, 0) is 50.3 Å². The number of para-hydroxylation sites is 1. The standard InChI is InChI=1S/C29H25N3O4S/c1-18-8-12-21(13-9-18)31-27(33)23(17-30)29-32(22-14-10-19(2)11-15-22)28(34)25(37-29)16-20-6-5-7-24(35-3)26(20)36-4/h5-16H,1-4H3,(H,31,33). The number of anilines is 1. The molecule has 1 aromatic heterocycles. The molecule has 0 saturated carbocycles. The molecule has 37 heavy (non-hydrogen) atoms.